The minimum atomic E-state index is -1.24. The molecule has 56 heavy (non-hydrogen) atoms. The Hall–Kier alpha value is -4.04. The van der Waals surface area contributed by atoms with Gasteiger partial charge in [-0.15, -0.1) is 0 Å². The highest BCUT2D eigenvalue weighted by Gasteiger charge is 2.41. The summed E-state index contributed by atoms with van der Waals surface area (Å²) in [5, 5.41) is 20.6. The number of carbonyl (C=O) groups excluding carboxylic acids is 7. The van der Waals surface area contributed by atoms with Gasteiger partial charge >= 0.3 is 5.97 Å². The first-order valence-electron chi connectivity index (χ1n) is 20.7. The molecule has 6 amide bonds. The maximum atomic E-state index is 14.0. The Balaban J connectivity index is 2.27. The number of Topliss-reactive ketones (excluding diaryl/α,β-unsaturated/α-hetero) is 1. The minimum absolute atomic E-state index is 0.0261. The van der Waals surface area contributed by atoms with E-state index in [2.05, 4.69) is 21.3 Å². The summed E-state index contributed by atoms with van der Waals surface area (Å²) in [6.45, 7) is 18.7. The fraction of sp³-hybridized carbons (Fsp3) is 0.805. The molecule has 2 rings (SSSR count). The van der Waals surface area contributed by atoms with Gasteiger partial charge in [-0.1, -0.05) is 75.2 Å². The molecule has 0 aromatic carbocycles. The SMILES string of the molecule is CCC1CC(C)N(CC(=O)NC(C(=O)N2CCCC2C(=O)NC(CCCC(C)C)C(=O)NC(CCC(=O)C(C)C)C(=O)NC(CC(C)C)C(=O)O)C(C)C)C1=O. The summed E-state index contributed by atoms with van der Waals surface area (Å²) in [7, 11) is 0. The number of carboxylic acids is 1. The predicted octanol–water partition coefficient (Wildman–Crippen LogP) is 3.18. The van der Waals surface area contributed by atoms with Crippen LogP contribution in [0, 0.1) is 29.6 Å². The molecule has 2 heterocycles. The second-order valence-electron chi connectivity index (χ2n) is 17.3. The molecule has 2 saturated heterocycles. The van der Waals surface area contributed by atoms with E-state index in [0.29, 0.717) is 38.0 Å². The molecule has 0 bridgehead atoms. The van der Waals surface area contributed by atoms with Crippen LogP contribution in [0.4, 0.5) is 0 Å². The quantitative estimate of drug-likeness (QED) is 0.103. The third-order valence-electron chi connectivity index (χ3n) is 10.9. The second-order valence-corrected chi connectivity index (χ2v) is 17.3. The molecule has 2 aliphatic rings. The average Bonchev–Trinajstić information content (AvgIpc) is 3.71. The lowest BCUT2D eigenvalue weighted by molar-refractivity contribution is -0.144. The number of aliphatic carboxylic acids is 1. The van der Waals surface area contributed by atoms with Gasteiger partial charge in [0.1, 0.15) is 36.0 Å². The molecule has 5 N–H and O–H groups in total. The maximum Gasteiger partial charge on any atom is 0.326 e. The van der Waals surface area contributed by atoms with Crippen molar-refractivity contribution >= 4 is 47.2 Å². The van der Waals surface area contributed by atoms with Gasteiger partial charge in [-0.2, -0.15) is 0 Å². The van der Waals surface area contributed by atoms with Gasteiger partial charge in [0, 0.05) is 30.8 Å². The molecular weight excluding hydrogens is 720 g/mol. The van der Waals surface area contributed by atoms with Crippen molar-refractivity contribution in [2.45, 2.75) is 170 Å². The molecule has 0 radical (unpaired) electrons. The highest BCUT2D eigenvalue weighted by molar-refractivity contribution is 5.97. The van der Waals surface area contributed by atoms with E-state index < -0.39 is 65.7 Å². The van der Waals surface area contributed by atoms with Crippen LogP contribution >= 0.6 is 0 Å². The van der Waals surface area contributed by atoms with E-state index in [1.807, 2.05) is 41.5 Å². The van der Waals surface area contributed by atoms with E-state index in [1.54, 1.807) is 32.6 Å². The smallest absolute Gasteiger partial charge is 0.326 e. The molecule has 0 aromatic rings. The Kier molecular flexibility index (Phi) is 19.4. The van der Waals surface area contributed by atoms with Gasteiger partial charge in [-0.05, 0) is 69.6 Å². The molecule has 0 spiro atoms. The maximum absolute atomic E-state index is 14.0. The van der Waals surface area contributed by atoms with Crippen LogP contribution in [0.25, 0.3) is 0 Å². The number of nitrogens with one attached hydrogen (secondary N) is 4. The molecule has 0 aromatic heterocycles. The van der Waals surface area contributed by atoms with E-state index in [9.17, 15) is 43.5 Å². The molecular formula is C41H70N6O9. The third-order valence-corrected chi connectivity index (χ3v) is 10.9. The molecule has 7 atom stereocenters. The number of hydrogen-bond donors (Lipinski definition) is 5. The Bertz CT molecular complexity index is 1400. The number of rotatable bonds is 23. The standard InChI is InChI=1S/C41H70N6O9/c1-11-28-21-27(10)47(39(28)53)22-34(49)45-35(26(8)9)40(54)46-19-13-16-32(46)38(52)43-29(15-12-14-23(2)3)36(50)42-30(17-18-33(48)25(6)7)37(51)44-31(41(55)56)20-24(4)5/h23-32,35H,11-22H2,1-10H3,(H,42,50)(H,43,52)(H,44,51)(H,45,49)(H,55,56). The van der Waals surface area contributed by atoms with Crippen LogP contribution in [0.5, 0.6) is 0 Å². The van der Waals surface area contributed by atoms with E-state index in [4.69, 9.17) is 0 Å². The van der Waals surface area contributed by atoms with Gasteiger partial charge in [-0.3, -0.25) is 33.6 Å². The summed E-state index contributed by atoms with van der Waals surface area (Å²) in [6.07, 6.45) is 3.86. The van der Waals surface area contributed by atoms with Crippen molar-refractivity contribution in [1.29, 1.82) is 0 Å². The summed E-state index contributed by atoms with van der Waals surface area (Å²) in [6, 6.07) is -5.49. The zero-order chi connectivity index (χ0) is 42.4. The van der Waals surface area contributed by atoms with E-state index in [1.165, 1.54) is 4.90 Å². The summed E-state index contributed by atoms with van der Waals surface area (Å²) in [4.78, 5) is 109. The zero-order valence-electron chi connectivity index (χ0n) is 35.4. The van der Waals surface area contributed by atoms with Gasteiger partial charge in [0.25, 0.3) is 0 Å². The number of amides is 6. The first-order chi connectivity index (χ1) is 26.2. The van der Waals surface area contributed by atoms with Gasteiger partial charge in [0.15, 0.2) is 0 Å². The lowest BCUT2D eigenvalue weighted by Gasteiger charge is -2.32. The monoisotopic (exact) mass is 791 g/mol. The van der Waals surface area contributed by atoms with Crippen LogP contribution in [-0.4, -0.2) is 111 Å². The van der Waals surface area contributed by atoms with E-state index >= 15 is 0 Å². The largest absolute Gasteiger partial charge is 0.480 e. The Labute approximate surface area is 333 Å². The summed E-state index contributed by atoms with van der Waals surface area (Å²) >= 11 is 0. The number of carboxylic acid groups (broad SMARTS) is 1. The molecule has 7 unspecified atom stereocenters. The molecule has 0 saturated carbocycles. The van der Waals surface area contributed by atoms with E-state index in [0.717, 1.165) is 6.42 Å². The zero-order valence-corrected chi connectivity index (χ0v) is 35.4. The third kappa shape index (κ3) is 14.5. The predicted molar refractivity (Wildman–Crippen MR) is 212 cm³/mol. The Morgan fingerprint density at radius 3 is 1.93 bits per heavy atom. The second kappa shape index (κ2) is 22.6. The van der Waals surface area contributed by atoms with Crippen molar-refractivity contribution in [3.05, 3.63) is 0 Å². The van der Waals surface area contributed by atoms with Gasteiger partial charge in [0.2, 0.25) is 35.4 Å². The number of nitrogens with zero attached hydrogens (tertiary/aromatic N) is 2. The summed E-state index contributed by atoms with van der Waals surface area (Å²) in [5.41, 5.74) is 0. The summed E-state index contributed by atoms with van der Waals surface area (Å²) < 4.78 is 0. The van der Waals surface area contributed by atoms with Crippen molar-refractivity contribution in [1.82, 2.24) is 31.1 Å². The molecule has 15 heteroatoms. The average molecular weight is 791 g/mol. The van der Waals surface area contributed by atoms with Crippen molar-refractivity contribution in [2.24, 2.45) is 29.6 Å². The van der Waals surface area contributed by atoms with Crippen molar-refractivity contribution in [3.63, 3.8) is 0 Å². The van der Waals surface area contributed by atoms with E-state index in [-0.39, 0.29) is 80.2 Å². The normalized spacial score (nSPS) is 20.6. The first-order valence-corrected chi connectivity index (χ1v) is 20.7. The van der Waals surface area contributed by atoms with Crippen LogP contribution in [0.1, 0.15) is 133 Å². The number of likely N-dealkylation sites (tertiary alicyclic amines) is 2. The minimum Gasteiger partial charge on any atom is -0.480 e. The van der Waals surface area contributed by atoms with Gasteiger partial charge in [-0.25, -0.2) is 4.79 Å². The fourth-order valence-corrected chi connectivity index (χ4v) is 7.38. The molecule has 15 nitrogen and oxygen atoms in total. The molecule has 2 aliphatic heterocycles. The van der Waals surface area contributed by atoms with Crippen LogP contribution < -0.4 is 21.3 Å². The molecule has 2 fully saturated rings. The first kappa shape index (κ1) is 48.1. The van der Waals surface area contributed by atoms with Crippen LogP contribution in [-0.2, 0) is 38.4 Å². The van der Waals surface area contributed by atoms with Crippen molar-refractivity contribution < 1.29 is 43.5 Å². The number of ketones is 1. The lowest BCUT2D eigenvalue weighted by atomic mass is 9.98. The highest BCUT2D eigenvalue weighted by Crippen LogP contribution is 2.27. The topological polar surface area (TPSA) is 211 Å². The summed E-state index contributed by atoms with van der Waals surface area (Å²) in [5.74, 6) is -4.73. The molecule has 318 valence electrons. The lowest BCUT2D eigenvalue weighted by Crippen LogP contribution is -2.59. The Morgan fingerprint density at radius 1 is 0.804 bits per heavy atom. The van der Waals surface area contributed by atoms with Gasteiger partial charge < -0.3 is 36.2 Å². The number of hydrogen-bond acceptors (Lipinski definition) is 8. The Morgan fingerprint density at radius 2 is 1.41 bits per heavy atom. The fourth-order valence-electron chi connectivity index (χ4n) is 7.38. The van der Waals surface area contributed by atoms with Crippen molar-refractivity contribution in [3.8, 4) is 0 Å². The van der Waals surface area contributed by atoms with Crippen LogP contribution in [0.3, 0.4) is 0 Å². The van der Waals surface area contributed by atoms with Gasteiger partial charge in [0.05, 0.1) is 6.54 Å². The van der Waals surface area contributed by atoms with Crippen molar-refractivity contribution in [2.75, 3.05) is 13.1 Å². The highest BCUT2D eigenvalue weighted by atomic mass is 16.4. The molecule has 0 aliphatic carbocycles. The van der Waals surface area contributed by atoms with Crippen LogP contribution in [0.15, 0.2) is 0 Å². The van der Waals surface area contributed by atoms with Crippen LogP contribution in [0.2, 0.25) is 0 Å². The number of carbonyl (C=O) groups is 8.